The van der Waals surface area contributed by atoms with Crippen LogP contribution < -0.4 is 9.63 Å². The molecular weight excluding hydrogens is 216 g/mol. The predicted octanol–water partition coefficient (Wildman–Crippen LogP) is 1.31. The smallest absolute Gasteiger partial charge is 0.225 e. The van der Waals surface area contributed by atoms with Gasteiger partial charge < -0.3 is 14.8 Å². The van der Waals surface area contributed by atoms with Crippen molar-refractivity contribution in [1.29, 1.82) is 0 Å². The summed E-state index contributed by atoms with van der Waals surface area (Å²) in [7, 11) is 0. The van der Waals surface area contributed by atoms with Crippen LogP contribution in [0.4, 0.5) is 5.69 Å². The topological polar surface area (TPSA) is 39.4 Å². The Morgan fingerprint density at radius 2 is 1.88 bits per heavy atom. The molecule has 0 amide bonds. The molecule has 1 aromatic carbocycles. The van der Waals surface area contributed by atoms with Gasteiger partial charge in [0.05, 0.1) is 24.3 Å². The Morgan fingerprint density at radius 1 is 1.12 bits per heavy atom. The summed E-state index contributed by atoms with van der Waals surface area (Å²) in [6, 6.07) is 9.59. The van der Waals surface area contributed by atoms with Crippen molar-refractivity contribution < 1.29 is 9.47 Å². The van der Waals surface area contributed by atoms with Gasteiger partial charge in [-0.25, -0.2) is 0 Å². The lowest BCUT2D eigenvalue weighted by Gasteiger charge is -2.29. The minimum absolute atomic E-state index is 0.719. The molecule has 0 spiro atoms. The van der Waals surface area contributed by atoms with Crippen molar-refractivity contribution in [2.24, 2.45) is 0 Å². The maximum atomic E-state index is 11.7. The van der Waals surface area contributed by atoms with Gasteiger partial charge in [-0.3, -0.25) is 0 Å². The third-order valence-electron chi connectivity index (χ3n) is 3.14. The quantitative estimate of drug-likeness (QED) is 0.547. The van der Waals surface area contributed by atoms with E-state index in [1.165, 1.54) is 0 Å². The second kappa shape index (κ2) is 4.22. The molecule has 17 heavy (non-hydrogen) atoms. The van der Waals surface area contributed by atoms with Crippen molar-refractivity contribution in [3.8, 4) is 0 Å². The molecule has 0 saturated carbocycles. The van der Waals surface area contributed by atoms with Gasteiger partial charge in [0.1, 0.15) is 0 Å². The molecule has 1 aromatic heterocycles. The zero-order valence-corrected chi connectivity index (χ0v) is 9.50. The Hall–Kier alpha value is -1.81. The Labute approximate surface area is 99.6 Å². The first-order valence-electron chi connectivity index (χ1n) is 5.80. The Morgan fingerprint density at radius 3 is 2.71 bits per heavy atom. The van der Waals surface area contributed by atoms with Crippen molar-refractivity contribution in [1.82, 2.24) is 0 Å². The number of nitrogens with zero attached hydrogens (tertiary/aromatic N) is 2. The maximum absolute atomic E-state index is 11.7. The third kappa shape index (κ3) is 1.80. The Bertz CT molecular complexity index is 536. The summed E-state index contributed by atoms with van der Waals surface area (Å²) in [6.45, 7) is 3.26. The molecule has 2 aromatic rings. The van der Waals surface area contributed by atoms with Crippen LogP contribution in [0.15, 0.2) is 36.5 Å². The van der Waals surface area contributed by atoms with Crippen LogP contribution in [0.25, 0.3) is 10.9 Å². The van der Waals surface area contributed by atoms with Crippen molar-refractivity contribution in [2.45, 2.75) is 0 Å². The largest absolute Gasteiger partial charge is 0.618 e. The van der Waals surface area contributed by atoms with Gasteiger partial charge in [-0.1, -0.05) is 12.1 Å². The van der Waals surface area contributed by atoms with E-state index >= 15 is 0 Å². The lowest BCUT2D eigenvalue weighted by atomic mass is 10.1. The fourth-order valence-electron chi connectivity index (χ4n) is 2.27. The molecule has 1 fully saturated rings. The molecule has 1 saturated heterocycles. The van der Waals surface area contributed by atoms with E-state index in [1.807, 2.05) is 30.3 Å². The summed E-state index contributed by atoms with van der Waals surface area (Å²) in [5, 5.41) is 12.7. The lowest BCUT2D eigenvalue weighted by Crippen LogP contribution is -2.37. The zero-order chi connectivity index (χ0) is 11.7. The maximum Gasteiger partial charge on any atom is 0.225 e. The van der Waals surface area contributed by atoms with Crippen LogP contribution in [-0.2, 0) is 4.74 Å². The van der Waals surface area contributed by atoms with E-state index in [-0.39, 0.29) is 0 Å². The fraction of sp³-hybridized carbons (Fsp3) is 0.308. The van der Waals surface area contributed by atoms with Gasteiger partial charge in [0, 0.05) is 25.2 Å². The first-order chi connectivity index (χ1) is 8.36. The molecule has 0 N–H and O–H groups in total. The summed E-state index contributed by atoms with van der Waals surface area (Å²) in [5.74, 6) is 0. The predicted molar refractivity (Wildman–Crippen MR) is 65.9 cm³/mol. The van der Waals surface area contributed by atoms with Crippen LogP contribution >= 0.6 is 0 Å². The van der Waals surface area contributed by atoms with Crippen LogP contribution in [0.5, 0.6) is 0 Å². The Kier molecular flexibility index (Phi) is 2.57. The first kappa shape index (κ1) is 10.4. The molecule has 3 rings (SSSR count). The van der Waals surface area contributed by atoms with Crippen molar-refractivity contribution >= 4 is 16.6 Å². The summed E-state index contributed by atoms with van der Waals surface area (Å²) < 4.78 is 6.26. The minimum Gasteiger partial charge on any atom is -0.618 e. The van der Waals surface area contributed by atoms with Gasteiger partial charge in [0.25, 0.3) is 0 Å². The molecule has 4 heteroatoms. The van der Waals surface area contributed by atoms with Gasteiger partial charge in [0.2, 0.25) is 5.52 Å². The number of hydrogen-bond acceptors (Lipinski definition) is 3. The number of para-hydroxylation sites is 1. The molecule has 4 nitrogen and oxygen atoms in total. The second-order valence-corrected chi connectivity index (χ2v) is 4.14. The number of rotatable bonds is 1. The average molecular weight is 230 g/mol. The van der Waals surface area contributed by atoms with Crippen molar-refractivity contribution in [3.05, 3.63) is 41.7 Å². The molecule has 0 aliphatic carbocycles. The molecule has 0 unspecified atom stereocenters. The first-order valence-corrected chi connectivity index (χ1v) is 5.80. The van der Waals surface area contributed by atoms with E-state index in [1.54, 1.807) is 6.20 Å². The monoisotopic (exact) mass is 230 g/mol. The standard InChI is InChI=1S/C13H14N2O2/c16-15-6-5-12(14-7-9-17-10-8-14)11-3-1-2-4-13(11)15/h1-6H,7-10H2. The number of ether oxygens (including phenoxy) is 1. The molecule has 88 valence electrons. The van der Waals surface area contributed by atoms with Crippen molar-refractivity contribution in [3.63, 3.8) is 0 Å². The number of fused-ring (bicyclic) bond motifs is 1. The zero-order valence-electron chi connectivity index (χ0n) is 9.50. The second-order valence-electron chi connectivity index (χ2n) is 4.14. The van der Waals surface area contributed by atoms with Gasteiger partial charge in [0.15, 0.2) is 6.20 Å². The van der Waals surface area contributed by atoms with Gasteiger partial charge in [-0.05, 0) is 6.07 Å². The molecule has 1 aliphatic heterocycles. The van der Waals surface area contributed by atoms with Crippen LogP contribution in [0.3, 0.4) is 0 Å². The van der Waals surface area contributed by atoms with Gasteiger partial charge in [-0.2, -0.15) is 4.73 Å². The molecule has 2 heterocycles. The Balaban J connectivity index is 2.12. The number of morpholine rings is 1. The molecule has 0 radical (unpaired) electrons. The normalized spacial score (nSPS) is 16.4. The van der Waals surface area contributed by atoms with E-state index in [0.717, 1.165) is 47.6 Å². The summed E-state index contributed by atoms with van der Waals surface area (Å²) in [6.07, 6.45) is 1.58. The number of hydrogen-bond donors (Lipinski definition) is 0. The van der Waals surface area contributed by atoms with Gasteiger partial charge in [-0.15, -0.1) is 0 Å². The third-order valence-corrected chi connectivity index (χ3v) is 3.14. The number of pyridine rings is 1. The number of anilines is 1. The SMILES string of the molecule is [O-][n+]1ccc(N2CCOCC2)c2ccccc21. The highest BCUT2D eigenvalue weighted by Gasteiger charge is 2.16. The van der Waals surface area contributed by atoms with Crippen LogP contribution in [0, 0.1) is 5.21 Å². The highest BCUT2D eigenvalue weighted by atomic mass is 16.5. The van der Waals surface area contributed by atoms with E-state index in [9.17, 15) is 5.21 Å². The number of aromatic nitrogens is 1. The lowest BCUT2D eigenvalue weighted by molar-refractivity contribution is -0.576. The fourth-order valence-corrected chi connectivity index (χ4v) is 2.27. The average Bonchev–Trinajstić information content (AvgIpc) is 2.41. The van der Waals surface area contributed by atoms with Crippen LogP contribution in [0.2, 0.25) is 0 Å². The van der Waals surface area contributed by atoms with E-state index < -0.39 is 0 Å². The molecule has 0 bridgehead atoms. The summed E-state index contributed by atoms with van der Waals surface area (Å²) in [4.78, 5) is 2.27. The van der Waals surface area contributed by atoms with E-state index in [4.69, 9.17) is 4.74 Å². The van der Waals surface area contributed by atoms with Crippen LogP contribution in [-0.4, -0.2) is 26.3 Å². The minimum atomic E-state index is 0.719. The highest BCUT2D eigenvalue weighted by molar-refractivity contribution is 5.89. The molecular formula is C13H14N2O2. The summed E-state index contributed by atoms with van der Waals surface area (Å²) >= 11 is 0. The number of benzene rings is 1. The highest BCUT2D eigenvalue weighted by Crippen LogP contribution is 2.24. The van der Waals surface area contributed by atoms with Crippen LogP contribution in [0.1, 0.15) is 0 Å². The van der Waals surface area contributed by atoms with E-state index in [2.05, 4.69) is 4.90 Å². The molecule has 1 aliphatic rings. The van der Waals surface area contributed by atoms with Crippen molar-refractivity contribution in [2.75, 3.05) is 31.2 Å². The molecule has 0 atom stereocenters. The van der Waals surface area contributed by atoms with Gasteiger partial charge >= 0.3 is 0 Å². The van der Waals surface area contributed by atoms with E-state index in [0.29, 0.717) is 0 Å². The summed E-state index contributed by atoms with van der Waals surface area (Å²) in [5.41, 5.74) is 1.84.